The molecule has 0 aliphatic carbocycles. The Kier molecular flexibility index (Phi) is 6.02. The van der Waals surface area contributed by atoms with Gasteiger partial charge in [-0.3, -0.25) is 4.79 Å². The predicted octanol–water partition coefficient (Wildman–Crippen LogP) is 2.00. The summed E-state index contributed by atoms with van der Waals surface area (Å²) in [6.07, 6.45) is 4.97. The first-order valence-electron chi connectivity index (χ1n) is 8.72. The SMILES string of the molecule is Cc1ncsc1CCN1CCC(NC(=O)C2CCOCC2)CC1. The lowest BCUT2D eigenvalue weighted by atomic mass is 9.97. The van der Waals surface area contributed by atoms with E-state index in [0.717, 1.165) is 65.0 Å². The minimum absolute atomic E-state index is 0.163. The van der Waals surface area contributed by atoms with Crippen LogP contribution < -0.4 is 5.32 Å². The molecule has 1 N–H and O–H groups in total. The van der Waals surface area contributed by atoms with Crippen molar-refractivity contribution < 1.29 is 9.53 Å². The molecule has 23 heavy (non-hydrogen) atoms. The van der Waals surface area contributed by atoms with Gasteiger partial charge in [0.2, 0.25) is 5.91 Å². The summed E-state index contributed by atoms with van der Waals surface area (Å²) in [5.41, 5.74) is 3.11. The fraction of sp³-hybridized carbons (Fsp3) is 0.765. The minimum Gasteiger partial charge on any atom is -0.381 e. The van der Waals surface area contributed by atoms with Crippen LogP contribution in [0.2, 0.25) is 0 Å². The zero-order valence-corrected chi connectivity index (χ0v) is 14.7. The first-order valence-corrected chi connectivity index (χ1v) is 9.60. The molecular formula is C17H27N3O2S. The highest BCUT2D eigenvalue weighted by atomic mass is 32.1. The quantitative estimate of drug-likeness (QED) is 0.893. The zero-order valence-electron chi connectivity index (χ0n) is 13.9. The van der Waals surface area contributed by atoms with E-state index in [1.54, 1.807) is 11.3 Å². The number of hydrogen-bond donors (Lipinski definition) is 1. The second-order valence-electron chi connectivity index (χ2n) is 6.62. The third-order valence-electron chi connectivity index (χ3n) is 5.03. The summed E-state index contributed by atoms with van der Waals surface area (Å²) in [6, 6.07) is 0.353. The number of thiazole rings is 1. The summed E-state index contributed by atoms with van der Waals surface area (Å²) in [7, 11) is 0. The molecule has 1 aromatic rings. The molecule has 0 bridgehead atoms. The van der Waals surface area contributed by atoms with Crippen LogP contribution in [0.15, 0.2) is 5.51 Å². The number of nitrogens with zero attached hydrogens (tertiary/aromatic N) is 2. The monoisotopic (exact) mass is 337 g/mol. The summed E-state index contributed by atoms with van der Waals surface area (Å²) in [5.74, 6) is 0.406. The molecule has 3 heterocycles. The van der Waals surface area contributed by atoms with Crippen LogP contribution in [0.4, 0.5) is 0 Å². The Hall–Kier alpha value is -0.980. The van der Waals surface area contributed by atoms with Crippen molar-refractivity contribution >= 4 is 17.2 Å². The lowest BCUT2D eigenvalue weighted by Crippen LogP contribution is -2.47. The molecule has 2 saturated heterocycles. The molecule has 5 nitrogen and oxygen atoms in total. The van der Waals surface area contributed by atoms with E-state index in [1.165, 1.54) is 10.6 Å². The van der Waals surface area contributed by atoms with Crippen LogP contribution in [-0.2, 0) is 16.0 Å². The number of likely N-dealkylation sites (tertiary alicyclic amines) is 1. The minimum atomic E-state index is 0.163. The molecule has 3 rings (SSSR count). The van der Waals surface area contributed by atoms with Crippen molar-refractivity contribution in [3.8, 4) is 0 Å². The lowest BCUT2D eigenvalue weighted by molar-refractivity contribution is -0.128. The molecule has 2 fully saturated rings. The molecule has 1 amide bonds. The Morgan fingerprint density at radius 3 is 2.74 bits per heavy atom. The maximum absolute atomic E-state index is 12.3. The van der Waals surface area contributed by atoms with E-state index in [1.807, 2.05) is 5.51 Å². The van der Waals surface area contributed by atoms with E-state index in [4.69, 9.17) is 4.74 Å². The number of piperidine rings is 1. The van der Waals surface area contributed by atoms with Crippen molar-refractivity contribution in [3.05, 3.63) is 16.1 Å². The largest absolute Gasteiger partial charge is 0.381 e. The Balaban J connectivity index is 1.36. The van der Waals surface area contributed by atoms with Gasteiger partial charge in [-0.25, -0.2) is 4.98 Å². The summed E-state index contributed by atoms with van der Waals surface area (Å²) in [4.78, 5) is 20.5. The standard InChI is InChI=1S/C17H27N3O2S/c1-13-16(23-12-18-13)4-9-20-7-2-15(3-8-20)19-17(21)14-5-10-22-11-6-14/h12,14-15H,2-11H2,1H3,(H,19,21). The van der Waals surface area contributed by atoms with Crippen molar-refractivity contribution in [3.63, 3.8) is 0 Å². The Labute approximate surface area is 142 Å². The fourth-order valence-electron chi connectivity index (χ4n) is 3.41. The lowest BCUT2D eigenvalue weighted by Gasteiger charge is -2.33. The summed E-state index contributed by atoms with van der Waals surface area (Å²) < 4.78 is 5.33. The van der Waals surface area contributed by atoms with E-state index in [2.05, 4.69) is 22.1 Å². The Bertz CT molecular complexity index is 506. The Morgan fingerprint density at radius 1 is 1.35 bits per heavy atom. The van der Waals surface area contributed by atoms with Crippen molar-refractivity contribution in [1.29, 1.82) is 0 Å². The number of nitrogens with one attached hydrogen (secondary N) is 1. The average molecular weight is 337 g/mol. The summed E-state index contributed by atoms with van der Waals surface area (Å²) in [5, 5.41) is 3.26. The van der Waals surface area contributed by atoms with Gasteiger partial charge < -0.3 is 15.0 Å². The van der Waals surface area contributed by atoms with Crippen LogP contribution in [0.3, 0.4) is 0 Å². The molecule has 0 saturated carbocycles. The first kappa shape index (κ1) is 16.9. The number of ether oxygens (including phenoxy) is 1. The van der Waals surface area contributed by atoms with E-state index in [-0.39, 0.29) is 11.8 Å². The molecule has 0 radical (unpaired) electrons. The van der Waals surface area contributed by atoms with Gasteiger partial charge in [-0.15, -0.1) is 11.3 Å². The number of rotatable bonds is 5. The number of amides is 1. The highest BCUT2D eigenvalue weighted by molar-refractivity contribution is 7.09. The third kappa shape index (κ3) is 4.75. The number of aryl methyl sites for hydroxylation is 1. The van der Waals surface area contributed by atoms with E-state index in [9.17, 15) is 4.79 Å². The van der Waals surface area contributed by atoms with Gasteiger partial charge in [-0.2, -0.15) is 0 Å². The molecule has 2 aliphatic heterocycles. The number of carbonyl (C=O) groups is 1. The van der Waals surface area contributed by atoms with Crippen molar-refractivity contribution in [1.82, 2.24) is 15.2 Å². The Morgan fingerprint density at radius 2 is 2.09 bits per heavy atom. The van der Waals surface area contributed by atoms with Gasteiger partial charge in [-0.1, -0.05) is 0 Å². The van der Waals surface area contributed by atoms with Gasteiger partial charge in [-0.05, 0) is 39.0 Å². The second kappa shape index (κ2) is 8.22. The molecule has 6 heteroatoms. The topological polar surface area (TPSA) is 54.5 Å². The predicted molar refractivity (Wildman–Crippen MR) is 91.7 cm³/mol. The van der Waals surface area contributed by atoms with Crippen LogP contribution in [0.25, 0.3) is 0 Å². The first-order chi connectivity index (χ1) is 11.2. The number of carbonyl (C=O) groups excluding carboxylic acids is 1. The van der Waals surface area contributed by atoms with Gasteiger partial charge in [0, 0.05) is 49.7 Å². The number of aromatic nitrogens is 1. The van der Waals surface area contributed by atoms with Gasteiger partial charge in [0.05, 0.1) is 11.2 Å². The van der Waals surface area contributed by atoms with Gasteiger partial charge in [0.15, 0.2) is 0 Å². The third-order valence-corrected chi connectivity index (χ3v) is 6.02. The maximum Gasteiger partial charge on any atom is 0.223 e. The van der Waals surface area contributed by atoms with E-state index in [0.29, 0.717) is 6.04 Å². The highest BCUT2D eigenvalue weighted by Crippen LogP contribution is 2.18. The van der Waals surface area contributed by atoms with E-state index >= 15 is 0 Å². The zero-order chi connectivity index (χ0) is 16.1. The molecule has 0 atom stereocenters. The number of hydrogen-bond acceptors (Lipinski definition) is 5. The van der Waals surface area contributed by atoms with E-state index < -0.39 is 0 Å². The molecule has 0 spiro atoms. The maximum atomic E-state index is 12.3. The summed E-state index contributed by atoms with van der Waals surface area (Å²) in [6.45, 7) is 6.81. The molecule has 0 unspecified atom stereocenters. The van der Waals surface area contributed by atoms with Crippen LogP contribution in [0, 0.1) is 12.8 Å². The fourth-order valence-corrected chi connectivity index (χ4v) is 4.18. The van der Waals surface area contributed by atoms with Crippen molar-refractivity contribution in [2.75, 3.05) is 32.8 Å². The molecule has 1 aromatic heterocycles. The van der Waals surface area contributed by atoms with Crippen LogP contribution in [-0.4, -0.2) is 54.7 Å². The normalized spacial score (nSPS) is 21.4. The van der Waals surface area contributed by atoms with Crippen molar-refractivity contribution in [2.45, 2.75) is 45.1 Å². The molecule has 0 aromatic carbocycles. The van der Waals surface area contributed by atoms with Gasteiger partial charge >= 0.3 is 0 Å². The van der Waals surface area contributed by atoms with Crippen LogP contribution >= 0.6 is 11.3 Å². The van der Waals surface area contributed by atoms with Gasteiger partial charge in [0.25, 0.3) is 0 Å². The van der Waals surface area contributed by atoms with Crippen LogP contribution in [0.1, 0.15) is 36.3 Å². The second-order valence-corrected chi connectivity index (χ2v) is 7.56. The molecular weight excluding hydrogens is 310 g/mol. The summed E-state index contributed by atoms with van der Waals surface area (Å²) >= 11 is 1.76. The molecule has 2 aliphatic rings. The van der Waals surface area contributed by atoms with Crippen molar-refractivity contribution in [2.24, 2.45) is 5.92 Å². The highest BCUT2D eigenvalue weighted by Gasteiger charge is 2.26. The smallest absolute Gasteiger partial charge is 0.223 e. The van der Waals surface area contributed by atoms with Crippen LogP contribution in [0.5, 0.6) is 0 Å². The molecule has 128 valence electrons. The van der Waals surface area contributed by atoms with Gasteiger partial charge in [0.1, 0.15) is 0 Å². The average Bonchev–Trinajstić information content (AvgIpc) is 3.00.